The van der Waals surface area contributed by atoms with Gasteiger partial charge in [-0.1, -0.05) is 38.1 Å². The Morgan fingerprint density at radius 1 is 0.939 bits per heavy atom. The Morgan fingerprint density at radius 2 is 1.48 bits per heavy atom. The van der Waals surface area contributed by atoms with E-state index in [1.807, 2.05) is 36.2 Å². The molecule has 0 fully saturated rings. The zero-order valence-corrected chi connectivity index (χ0v) is 19.3. The van der Waals surface area contributed by atoms with Gasteiger partial charge in [-0.05, 0) is 55.3 Å². The van der Waals surface area contributed by atoms with Crippen LogP contribution in [0.3, 0.4) is 0 Å². The summed E-state index contributed by atoms with van der Waals surface area (Å²) in [6, 6.07) is 12.8. The maximum absolute atomic E-state index is 12.4. The number of aliphatic hydroxyl groups is 1. The number of nitrogens with zero attached hydrogens (tertiary/aromatic N) is 1. The van der Waals surface area contributed by atoms with Gasteiger partial charge in [0, 0.05) is 17.8 Å². The Hall–Kier alpha value is -3.27. The highest BCUT2D eigenvalue weighted by Gasteiger charge is 2.25. The number of amides is 3. The number of nitrogens with one attached hydrogen (secondary N) is 3. The first-order chi connectivity index (χ1) is 15.6. The van der Waals surface area contributed by atoms with Crippen molar-refractivity contribution in [1.82, 2.24) is 15.7 Å². The molecule has 0 heterocycles. The molecule has 0 unspecified atom stereocenters. The number of anilines is 1. The van der Waals surface area contributed by atoms with Gasteiger partial charge in [-0.2, -0.15) is 0 Å². The van der Waals surface area contributed by atoms with E-state index in [2.05, 4.69) is 24.5 Å². The first-order valence-corrected chi connectivity index (χ1v) is 10.7. The molecular formula is C24H32N4O5. The number of benzene rings is 2. The Labute approximate surface area is 193 Å². The largest absolute Gasteiger partial charge is 0.391 e. The number of carbonyl (C=O) groups excluding carboxylic acids is 3. The van der Waals surface area contributed by atoms with Crippen molar-refractivity contribution in [2.45, 2.75) is 32.9 Å². The van der Waals surface area contributed by atoms with Crippen LogP contribution in [-0.2, 0) is 9.59 Å². The fraction of sp³-hybridized carbons (Fsp3) is 0.375. The molecule has 5 N–H and O–H groups in total. The molecule has 0 aliphatic rings. The van der Waals surface area contributed by atoms with Crippen LogP contribution >= 0.6 is 0 Å². The third kappa shape index (κ3) is 7.98. The Bertz CT molecular complexity index is 942. The van der Waals surface area contributed by atoms with Gasteiger partial charge in [-0.3, -0.25) is 24.5 Å². The van der Waals surface area contributed by atoms with Gasteiger partial charge in [0.05, 0.1) is 12.6 Å². The lowest BCUT2D eigenvalue weighted by Crippen LogP contribution is -2.51. The fourth-order valence-corrected chi connectivity index (χ4v) is 3.39. The highest BCUT2D eigenvalue weighted by atomic mass is 16.5. The van der Waals surface area contributed by atoms with Gasteiger partial charge in [0.15, 0.2) is 0 Å². The first-order valence-electron chi connectivity index (χ1n) is 10.7. The fourth-order valence-electron chi connectivity index (χ4n) is 3.39. The maximum Gasteiger partial charge on any atom is 0.268 e. The average molecular weight is 457 g/mol. The summed E-state index contributed by atoms with van der Waals surface area (Å²) in [5.41, 5.74) is 4.18. The zero-order valence-electron chi connectivity index (χ0n) is 19.3. The molecule has 3 amide bonds. The number of hydroxylamine groups is 1. The van der Waals surface area contributed by atoms with E-state index in [4.69, 9.17) is 5.21 Å². The summed E-state index contributed by atoms with van der Waals surface area (Å²) in [4.78, 5) is 38.1. The lowest BCUT2D eigenvalue weighted by molar-refractivity contribution is -0.133. The van der Waals surface area contributed by atoms with Gasteiger partial charge < -0.3 is 15.7 Å². The summed E-state index contributed by atoms with van der Waals surface area (Å²) in [5.74, 6) is -1.06. The van der Waals surface area contributed by atoms with Crippen molar-refractivity contribution in [3.63, 3.8) is 0 Å². The Balaban J connectivity index is 1.99. The van der Waals surface area contributed by atoms with Crippen LogP contribution < -0.4 is 16.1 Å². The van der Waals surface area contributed by atoms with Crippen molar-refractivity contribution >= 4 is 23.4 Å². The van der Waals surface area contributed by atoms with Crippen LogP contribution in [0.4, 0.5) is 5.69 Å². The van der Waals surface area contributed by atoms with Crippen molar-refractivity contribution in [2.75, 3.05) is 25.5 Å². The maximum atomic E-state index is 12.4. The molecular weight excluding hydrogens is 424 g/mol. The normalized spacial score (nSPS) is 12.8. The van der Waals surface area contributed by atoms with Crippen LogP contribution in [0.15, 0.2) is 48.5 Å². The van der Waals surface area contributed by atoms with Crippen molar-refractivity contribution in [2.24, 2.45) is 5.92 Å². The van der Waals surface area contributed by atoms with E-state index in [9.17, 15) is 19.5 Å². The topological polar surface area (TPSA) is 131 Å². The quantitative estimate of drug-likeness (QED) is 0.274. The van der Waals surface area contributed by atoms with E-state index in [0.717, 1.165) is 17.7 Å². The molecule has 0 bridgehead atoms. The van der Waals surface area contributed by atoms with Crippen LogP contribution in [0.25, 0.3) is 11.1 Å². The van der Waals surface area contributed by atoms with Crippen LogP contribution in [0.2, 0.25) is 0 Å². The molecule has 178 valence electrons. The third-order valence-electron chi connectivity index (χ3n) is 4.90. The minimum atomic E-state index is -1.28. The molecule has 0 spiro atoms. The second-order valence-electron chi connectivity index (χ2n) is 8.46. The molecule has 2 atom stereocenters. The molecule has 0 aliphatic carbocycles. The molecule has 33 heavy (non-hydrogen) atoms. The van der Waals surface area contributed by atoms with E-state index >= 15 is 0 Å². The SMILES string of the molecule is CC(C)CN(C)CC(=O)Nc1ccc(-c2ccc(C(=O)N[C@H](C(=O)NO)[C@@H](C)O)cc2)cc1. The van der Waals surface area contributed by atoms with Gasteiger partial charge in [-0.25, -0.2) is 5.48 Å². The number of hydrogen-bond donors (Lipinski definition) is 5. The Kier molecular flexibility index (Phi) is 9.53. The molecule has 0 saturated carbocycles. The standard InChI is InChI=1S/C24H32N4O5/c1-15(2)13-28(4)14-21(30)25-20-11-9-18(10-12-20)17-5-7-19(8-6-17)23(31)26-22(16(3)29)24(32)27-33/h5-12,15-16,22,29,33H,13-14H2,1-4H3,(H,25,30)(H,26,31)(H,27,32)/t16-,22+/m1/s1. The van der Waals surface area contributed by atoms with Crippen LogP contribution in [0.5, 0.6) is 0 Å². The van der Waals surface area contributed by atoms with Crippen molar-refractivity contribution < 1.29 is 24.7 Å². The zero-order chi connectivity index (χ0) is 24.5. The van der Waals surface area contributed by atoms with Gasteiger partial charge in [0.2, 0.25) is 5.91 Å². The number of carbonyl (C=O) groups is 3. The number of aliphatic hydroxyl groups excluding tert-OH is 1. The predicted molar refractivity (Wildman–Crippen MR) is 126 cm³/mol. The second kappa shape index (κ2) is 12.1. The predicted octanol–water partition coefficient (Wildman–Crippen LogP) is 1.86. The highest BCUT2D eigenvalue weighted by molar-refractivity contribution is 5.98. The monoisotopic (exact) mass is 456 g/mol. The van der Waals surface area contributed by atoms with E-state index in [1.165, 1.54) is 12.4 Å². The van der Waals surface area contributed by atoms with Crippen molar-refractivity contribution in [1.29, 1.82) is 0 Å². The molecule has 9 nitrogen and oxygen atoms in total. The molecule has 2 rings (SSSR count). The summed E-state index contributed by atoms with van der Waals surface area (Å²) in [6.07, 6.45) is -1.19. The van der Waals surface area contributed by atoms with Gasteiger partial charge in [0.1, 0.15) is 6.04 Å². The van der Waals surface area contributed by atoms with Crippen LogP contribution in [0, 0.1) is 5.92 Å². The summed E-state index contributed by atoms with van der Waals surface area (Å²) in [7, 11) is 1.92. The summed E-state index contributed by atoms with van der Waals surface area (Å²) in [6.45, 7) is 6.70. The molecule has 2 aromatic rings. The molecule has 9 heteroatoms. The molecule has 0 radical (unpaired) electrons. The minimum absolute atomic E-state index is 0.0772. The lowest BCUT2D eigenvalue weighted by atomic mass is 10.0. The van der Waals surface area contributed by atoms with Gasteiger partial charge >= 0.3 is 0 Å². The molecule has 0 saturated heterocycles. The molecule has 0 aliphatic heterocycles. The van der Waals surface area contributed by atoms with E-state index < -0.39 is 24.0 Å². The number of likely N-dealkylation sites (N-methyl/N-ethyl adjacent to an activating group) is 1. The smallest absolute Gasteiger partial charge is 0.268 e. The second-order valence-corrected chi connectivity index (χ2v) is 8.46. The van der Waals surface area contributed by atoms with Gasteiger partial charge in [-0.15, -0.1) is 0 Å². The van der Waals surface area contributed by atoms with Crippen LogP contribution in [-0.4, -0.2) is 65.2 Å². The van der Waals surface area contributed by atoms with Crippen molar-refractivity contribution in [3.8, 4) is 11.1 Å². The minimum Gasteiger partial charge on any atom is -0.391 e. The highest BCUT2D eigenvalue weighted by Crippen LogP contribution is 2.22. The van der Waals surface area contributed by atoms with E-state index in [0.29, 0.717) is 23.7 Å². The number of rotatable bonds is 10. The third-order valence-corrected chi connectivity index (χ3v) is 4.90. The summed E-state index contributed by atoms with van der Waals surface area (Å²) < 4.78 is 0. The Morgan fingerprint density at radius 3 is 1.97 bits per heavy atom. The van der Waals surface area contributed by atoms with E-state index in [1.54, 1.807) is 24.3 Å². The van der Waals surface area contributed by atoms with E-state index in [-0.39, 0.29) is 5.91 Å². The van der Waals surface area contributed by atoms with Crippen LogP contribution in [0.1, 0.15) is 31.1 Å². The lowest BCUT2D eigenvalue weighted by Gasteiger charge is -2.19. The first kappa shape index (κ1) is 26.0. The number of hydrogen-bond acceptors (Lipinski definition) is 6. The van der Waals surface area contributed by atoms with Gasteiger partial charge in [0.25, 0.3) is 11.8 Å². The average Bonchev–Trinajstić information content (AvgIpc) is 2.76. The molecule has 0 aromatic heterocycles. The summed E-state index contributed by atoms with van der Waals surface area (Å²) in [5, 5.41) is 23.7. The summed E-state index contributed by atoms with van der Waals surface area (Å²) >= 11 is 0. The molecule has 2 aromatic carbocycles. The van der Waals surface area contributed by atoms with Crippen molar-refractivity contribution in [3.05, 3.63) is 54.1 Å².